The van der Waals surface area contributed by atoms with Gasteiger partial charge in [0.1, 0.15) is 17.7 Å². The number of ether oxygens (including phenoxy) is 2. The zero-order valence-corrected chi connectivity index (χ0v) is 30.8. The van der Waals surface area contributed by atoms with Gasteiger partial charge in [-0.2, -0.15) is 8.78 Å². The summed E-state index contributed by atoms with van der Waals surface area (Å²) < 4.78 is 71.5. The molecule has 0 spiro atoms. The molecule has 1 aliphatic heterocycles. The number of pyridine rings is 1. The molecule has 0 radical (unpaired) electrons. The monoisotopic (exact) mass is 804 g/mol. The number of rotatable bonds is 13. The second-order valence-electron chi connectivity index (χ2n) is 12.3. The summed E-state index contributed by atoms with van der Waals surface area (Å²) >= 11 is 0. The molecule has 2 aromatic heterocycles. The number of piperazine rings is 1. The van der Waals surface area contributed by atoms with Crippen molar-refractivity contribution < 1.29 is 41.0 Å². The van der Waals surface area contributed by atoms with Crippen LogP contribution in [0, 0.1) is 17.6 Å². The van der Waals surface area contributed by atoms with Crippen LogP contribution < -0.4 is 20.5 Å². The van der Waals surface area contributed by atoms with Crippen molar-refractivity contribution >= 4 is 49.0 Å². The fourth-order valence-corrected chi connectivity index (χ4v) is 5.63. The number of hydrogen-bond acceptors (Lipinski definition) is 9. The smallest absolute Gasteiger partial charge is 0.387 e. The van der Waals surface area contributed by atoms with Crippen molar-refractivity contribution in [3.05, 3.63) is 95.1 Å². The molecule has 2 atom stereocenters. The van der Waals surface area contributed by atoms with Crippen molar-refractivity contribution in [3.63, 3.8) is 0 Å². The Labute approximate surface area is 321 Å². The van der Waals surface area contributed by atoms with E-state index in [1.807, 2.05) is 12.1 Å². The Kier molecular flexibility index (Phi) is 15.7. The quantitative estimate of drug-likeness (QED) is 0.145. The lowest BCUT2D eigenvalue weighted by molar-refractivity contribution is -0.135. The summed E-state index contributed by atoms with van der Waals surface area (Å²) in [7, 11) is 0. The van der Waals surface area contributed by atoms with E-state index in [1.165, 1.54) is 23.1 Å². The first-order valence-corrected chi connectivity index (χ1v) is 16.2. The number of oxazole rings is 1. The molecule has 1 saturated carbocycles. The molecule has 3 N–H and O–H groups in total. The lowest BCUT2D eigenvalue weighted by Crippen LogP contribution is -2.52. The first-order valence-electron chi connectivity index (χ1n) is 16.2. The van der Waals surface area contributed by atoms with E-state index in [2.05, 4.69) is 24.9 Å². The van der Waals surface area contributed by atoms with Gasteiger partial charge in [0.2, 0.25) is 11.8 Å². The highest BCUT2D eigenvalue weighted by Gasteiger charge is 2.34. The molecule has 6 rings (SSSR count). The second kappa shape index (κ2) is 19.3. The van der Waals surface area contributed by atoms with Gasteiger partial charge >= 0.3 is 6.61 Å². The molecule has 1 unspecified atom stereocenters. The predicted molar refractivity (Wildman–Crippen MR) is 194 cm³/mol. The Hall–Kier alpha value is -4.15. The van der Waals surface area contributed by atoms with Crippen LogP contribution >= 0.6 is 37.2 Å². The van der Waals surface area contributed by atoms with Gasteiger partial charge in [-0.05, 0) is 67.6 Å². The third-order valence-corrected chi connectivity index (χ3v) is 8.50. The van der Waals surface area contributed by atoms with Gasteiger partial charge in [0.15, 0.2) is 23.0 Å². The largest absolute Gasteiger partial charge is 0.489 e. The average Bonchev–Trinajstić information content (AvgIpc) is 3.81. The van der Waals surface area contributed by atoms with Crippen molar-refractivity contribution in [1.29, 1.82) is 0 Å². The molecule has 1 aliphatic carbocycles. The summed E-state index contributed by atoms with van der Waals surface area (Å²) in [6.45, 7) is 1.08. The van der Waals surface area contributed by atoms with Crippen LogP contribution in [0.5, 0.6) is 11.5 Å². The van der Waals surface area contributed by atoms with Crippen LogP contribution in [-0.2, 0) is 11.3 Å². The van der Waals surface area contributed by atoms with Crippen LogP contribution in [0.25, 0.3) is 11.5 Å². The molecule has 2 aliphatic rings. The summed E-state index contributed by atoms with van der Waals surface area (Å²) in [5.41, 5.74) is 6.98. The van der Waals surface area contributed by atoms with Crippen molar-refractivity contribution in [1.82, 2.24) is 25.1 Å². The predicted octanol–water partition coefficient (Wildman–Crippen LogP) is 6.51. The molecule has 0 bridgehead atoms. The number of benzene rings is 2. The van der Waals surface area contributed by atoms with Gasteiger partial charge in [-0.25, -0.2) is 13.8 Å². The van der Waals surface area contributed by atoms with Gasteiger partial charge in [0.25, 0.3) is 5.91 Å². The van der Waals surface area contributed by atoms with E-state index in [1.54, 1.807) is 19.3 Å². The Bertz CT molecular complexity index is 1830. The van der Waals surface area contributed by atoms with E-state index in [0.717, 1.165) is 30.5 Å². The summed E-state index contributed by atoms with van der Waals surface area (Å²) in [4.78, 5) is 39.9. The first kappa shape index (κ1) is 43.3. The average molecular weight is 806 g/mol. The Balaban J connectivity index is 0.00000252. The van der Waals surface area contributed by atoms with E-state index < -0.39 is 42.1 Å². The molecule has 2 amide bonds. The molecular formula is C35H39Cl3F4N6O5. The molecule has 4 aromatic rings. The standard InChI is InChI=1S/C35H36F4N6O5.3ClH/c1-20(40)31-30(43-33(50-31)23-4-7-27(49-35(38)39)28(16-23)48-19-22-2-3-22)32(46)42-29(25-6-5-24(36)17-26(25)37)34(47)45-14-12-44(13-15-45)18-21-8-10-41-11-9-21;;;/h4-11,16-17,20,22,29,35H,2-3,12-15,18-19,40H2,1H3,(H,42,46);3*1H/t20-,29?;;;/m0.../s1. The van der Waals surface area contributed by atoms with Crippen LogP contribution in [-0.4, -0.2) is 71.0 Å². The first-order chi connectivity index (χ1) is 24.0. The number of carbonyl (C=O) groups is 2. The molecule has 2 fully saturated rings. The fraction of sp³-hybridized carbons (Fsp3) is 0.371. The maximum Gasteiger partial charge on any atom is 0.387 e. The van der Waals surface area contributed by atoms with Gasteiger partial charge in [0.05, 0.1) is 12.6 Å². The number of amides is 2. The molecule has 288 valence electrons. The topological polar surface area (TPSA) is 136 Å². The van der Waals surface area contributed by atoms with E-state index in [-0.39, 0.29) is 77.2 Å². The third kappa shape index (κ3) is 10.9. The molecule has 11 nitrogen and oxygen atoms in total. The molecule has 1 saturated heterocycles. The number of alkyl halides is 2. The number of nitrogens with two attached hydrogens (primary N) is 1. The SMILES string of the molecule is C[C@H](N)c1oc(-c2ccc(OC(F)F)c(OCC3CC3)c2)nc1C(=O)NC(C(=O)N1CCN(Cc2ccncc2)CC1)c1ccc(F)cc1F.Cl.Cl.Cl. The maximum absolute atomic E-state index is 15.2. The van der Waals surface area contributed by atoms with Gasteiger partial charge < -0.3 is 29.8 Å². The Morgan fingerprint density at radius 2 is 1.68 bits per heavy atom. The summed E-state index contributed by atoms with van der Waals surface area (Å²) in [5, 5.41) is 2.58. The summed E-state index contributed by atoms with van der Waals surface area (Å²) in [5.74, 6) is -3.29. The number of halogens is 7. The number of nitrogens with zero attached hydrogens (tertiary/aromatic N) is 4. The molecule has 18 heteroatoms. The lowest BCUT2D eigenvalue weighted by atomic mass is 10.0. The second-order valence-corrected chi connectivity index (χ2v) is 12.3. The Morgan fingerprint density at radius 3 is 2.30 bits per heavy atom. The maximum atomic E-state index is 15.2. The lowest BCUT2D eigenvalue weighted by Gasteiger charge is -2.36. The van der Waals surface area contributed by atoms with Crippen LogP contribution in [0.15, 0.2) is 65.3 Å². The van der Waals surface area contributed by atoms with E-state index in [0.29, 0.717) is 51.3 Å². The highest BCUT2D eigenvalue weighted by atomic mass is 35.5. The minimum absolute atomic E-state index is 0. The van der Waals surface area contributed by atoms with E-state index >= 15 is 4.39 Å². The number of nitrogens with one attached hydrogen (secondary N) is 1. The fourth-order valence-electron chi connectivity index (χ4n) is 5.63. The van der Waals surface area contributed by atoms with Crippen LogP contribution in [0.4, 0.5) is 17.6 Å². The summed E-state index contributed by atoms with van der Waals surface area (Å²) in [6.07, 6.45) is 5.35. The zero-order valence-electron chi connectivity index (χ0n) is 28.4. The number of aromatic nitrogens is 2. The highest BCUT2D eigenvalue weighted by molar-refractivity contribution is 5.97. The van der Waals surface area contributed by atoms with Gasteiger partial charge in [-0.1, -0.05) is 6.07 Å². The normalized spacial score (nSPS) is 15.3. The van der Waals surface area contributed by atoms with Crippen molar-refractivity contribution in [2.45, 2.75) is 45.0 Å². The van der Waals surface area contributed by atoms with E-state index in [4.69, 9.17) is 14.9 Å². The summed E-state index contributed by atoms with van der Waals surface area (Å²) in [6, 6.07) is 8.28. The van der Waals surface area contributed by atoms with Gasteiger partial charge in [-0.15, -0.1) is 37.2 Å². The van der Waals surface area contributed by atoms with Crippen molar-refractivity contribution in [2.75, 3.05) is 32.8 Å². The minimum atomic E-state index is -3.08. The van der Waals surface area contributed by atoms with Crippen LogP contribution in [0.1, 0.15) is 59.2 Å². The van der Waals surface area contributed by atoms with Crippen molar-refractivity contribution in [2.24, 2.45) is 11.7 Å². The van der Waals surface area contributed by atoms with Crippen LogP contribution in [0.3, 0.4) is 0 Å². The highest BCUT2D eigenvalue weighted by Crippen LogP contribution is 2.37. The van der Waals surface area contributed by atoms with Crippen molar-refractivity contribution in [3.8, 4) is 23.0 Å². The molecule has 53 heavy (non-hydrogen) atoms. The van der Waals surface area contributed by atoms with E-state index in [9.17, 15) is 22.8 Å². The molecule has 3 heterocycles. The molecular weight excluding hydrogens is 767 g/mol. The molecule has 2 aromatic carbocycles. The third-order valence-electron chi connectivity index (χ3n) is 8.50. The Morgan fingerprint density at radius 1 is 0.981 bits per heavy atom. The zero-order chi connectivity index (χ0) is 35.4. The number of hydrogen-bond donors (Lipinski definition) is 2. The van der Waals surface area contributed by atoms with Gasteiger partial charge in [-0.3, -0.25) is 19.5 Å². The number of carbonyl (C=O) groups excluding carboxylic acids is 2. The van der Waals surface area contributed by atoms with Crippen LogP contribution in [0.2, 0.25) is 0 Å². The van der Waals surface area contributed by atoms with Gasteiger partial charge in [0, 0.05) is 62.3 Å². The minimum Gasteiger partial charge on any atom is -0.489 e.